The zero-order valence-electron chi connectivity index (χ0n) is 9.55. The predicted molar refractivity (Wildman–Crippen MR) is 69.4 cm³/mol. The van der Waals surface area contributed by atoms with Crippen LogP contribution in [-0.4, -0.2) is 14.7 Å². The average molecular weight is 245 g/mol. The van der Waals surface area contributed by atoms with E-state index in [0.717, 1.165) is 16.7 Å². The van der Waals surface area contributed by atoms with Gasteiger partial charge in [0, 0.05) is 6.26 Å². The molecule has 0 N–H and O–H groups in total. The Labute approximate surface area is 102 Å². The third-order valence-corrected chi connectivity index (χ3v) is 3.70. The van der Waals surface area contributed by atoms with Crippen LogP contribution >= 0.6 is 0 Å². The van der Waals surface area contributed by atoms with Gasteiger partial charge in [0.05, 0.1) is 4.90 Å². The molecule has 0 spiro atoms. The minimum atomic E-state index is -3.12. The molecule has 0 heterocycles. The zero-order valence-corrected chi connectivity index (χ0v) is 10.4. The third-order valence-electron chi connectivity index (χ3n) is 2.57. The summed E-state index contributed by atoms with van der Waals surface area (Å²) in [7, 11) is -3.12. The number of rotatable bonds is 2. The Morgan fingerprint density at radius 3 is 1.65 bits per heavy atom. The lowest BCUT2D eigenvalue weighted by atomic mass is 10.0. The van der Waals surface area contributed by atoms with Crippen LogP contribution in [0.25, 0.3) is 11.1 Å². The van der Waals surface area contributed by atoms with Gasteiger partial charge in [-0.3, -0.25) is 0 Å². The molecule has 0 aliphatic carbocycles. The van der Waals surface area contributed by atoms with Crippen molar-refractivity contribution in [1.82, 2.24) is 0 Å². The van der Waals surface area contributed by atoms with E-state index in [-0.39, 0.29) is 0 Å². The molecule has 2 nitrogen and oxygen atoms in total. The van der Waals surface area contributed by atoms with Gasteiger partial charge < -0.3 is 0 Å². The second kappa shape index (κ2) is 4.34. The van der Waals surface area contributed by atoms with Crippen molar-refractivity contribution in [3.63, 3.8) is 0 Å². The maximum atomic E-state index is 11.3. The molecule has 0 amide bonds. The van der Waals surface area contributed by atoms with E-state index in [1.807, 2.05) is 36.4 Å². The summed E-state index contributed by atoms with van der Waals surface area (Å²) < 4.78 is 22.6. The highest BCUT2D eigenvalue weighted by molar-refractivity contribution is 7.90. The fourth-order valence-corrected chi connectivity index (χ4v) is 2.22. The van der Waals surface area contributed by atoms with Crippen LogP contribution in [0.3, 0.4) is 0 Å². The molecule has 3 heteroatoms. The van der Waals surface area contributed by atoms with Crippen LogP contribution in [0, 0.1) is 6.92 Å². The van der Waals surface area contributed by atoms with Crippen LogP contribution < -0.4 is 0 Å². The first-order valence-electron chi connectivity index (χ1n) is 5.19. The molecule has 87 valence electrons. The number of hydrogen-bond donors (Lipinski definition) is 0. The first-order chi connectivity index (χ1) is 7.97. The summed E-state index contributed by atoms with van der Waals surface area (Å²) in [5.74, 6) is 0. The Balaban J connectivity index is 2.39. The molecule has 2 rings (SSSR count). The standard InChI is InChI=1S/C14H13O2S/c1-11-3-5-12(6-4-11)13-7-9-14(10-8-13)17(2,15)16/h3-10H,1H2,2H3. The van der Waals surface area contributed by atoms with E-state index in [1.54, 1.807) is 12.1 Å². The van der Waals surface area contributed by atoms with Gasteiger partial charge in [0.25, 0.3) is 0 Å². The lowest BCUT2D eigenvalue weighted by molar-refractivity contribution is 0.602. The van der Waals surface area contributed by atoms with Gasteiger partial charge >= 0.3 is 0 Å². The molecule has 2 aromatic carbocycles. The quantitative estimate of drug-likeness (QED) is 0.815. The van der Waals surface area contributed by atoms with Crippen molar-refractivity contribution in [2.24, 2.45) is 0 Å². The summed E-state index contributed by atoms with van der Waals surface area (Å²) >= 11 is 0. The van der Waals surface area contributed by atoms with E-state index in [4.69, 9.17) is 0 Å². The monoisotopic (exact) mass is 245 g/mol. The summed E-state index contributed by atoms with van der Waals surface area (Å²) in [6.45, 7) is 3.82. The topological polar surface area (TPSA) is 34.1 Å². The first kappa shape index (κ1) is 11.9. The van der Waals surface area contributed by atoms with Crippen molar-refractivity contribution >= 4 is 9.84 Å². The zero-order chi connectivity index (χ0) is 12.5. The highest BCUT2D eigenvalue weighted by Gasteiger charge is 2.06. The Morgan fingerprint density at radius 1 is 0.824 bits per heavy atom. The molecule has 17 heavy (non-hydrogen) atoms. The first-order valence-corrected chi connectivity index (χ1v) is 7.08. The Hall–Kier alpha value is -1.61. The predicted octanol–water partition coefficient (Wildman–Crippen LogP) is 2.94. The molecule has 0 aliphatic heterocycles. The largest absolute Gasteiger partial charge is 0.224 e. The molecule has 2 aromatic rings. The second-order valence-corrected chi connectivity index (χ2v) is 6.01. The Morgan fingerprint density at radius 2 is 1.24 bits per heavy atom. The highest BCUT2D eigenvalue weighted by atomic mass is 32.2. The maximum Gasteiger partial charge on any atom is 0.175 e. The summed E-state index contributed by atoms with van der Waals surface area (Å²) in [6.07, 6.45) is 1.21. The minimum absolute atomic E-state index is 0.343. The van der Waals surface area contributed by atoms with Crippen LogP contribution in [0.4, 0.5) is 0 Å². The molecule has 0 fully saturated rings. The third kappa shape index (κ3) is 2.74. The van der Waals surface area contributed by atoms with Crippen LogP contribution in [-0.2, 0) is 9.84 Å². The van der Waals surface area contributed by atoms with Crippen molar-refractivity contribution < 1.29 is 8.42 Å². The molecular formula is C14H13O2S. The fraction of sp³-hybridized carbons (Fsp3) is 0.0714. The van der Waals surface area contributed by atoms with Crippen LogP contribution in [0.15, 0.2) is 53.4 Å². The van der Waals surface area contributed by atoms with E-state index in [9.17, 15) is 8.42 Å². The van der Waals surface area contributed by atoms with Gasteiger partial charge in [-0.1, -0.05) is 36.4 Å². The minimum Gasteiger partial charge on any atom is -0.224 e. The number of benzene rings is 2. The van der Waals surface area contributed by atoms with E-state index >= 15 is 0 Å². The van der Waals surface area contributed by atoms with Gasteiger partial charge in [-0.2, -0.15) is 0 Å². The molecule has 0 aliphatic rings. The van der Waals surface area contributed by atoms with E-state index in [2.05, 4.69) is 6.92 Å². The van der Waals surface area contributed by atoms with Gasteiger partial charge in [0.1, 0.15) is 0 Å². The molecule has 0 aromatic heterocycles. The summed E-state index contributed by atoms with van der Waals surface area (Å²) in [5.41, 5.74) is 3.01. The normalized spacial score (nSPS) is 11.4. The average Bonchev–Trinajstić information content (AvgIpc) is 2.29. The van der Waals surface area contributed by atoms with Crippen molar-refractivity contribution in [3.05, 3.63) is 61.0 Å². The van der Waals surface area contributed by atoms with Crippen molar-refractivity contribution in [2.75, 3.05) is 6.26 Å². The van der Waals surface area contributed by atoms with Crippen LogP contribution in [0.2, 0.25) is 0 Å². The maximum absolute atomic E-state index is 11.3. The molecule has 0 bridgehead atoms. The van der Waals surface area contributed by atoms with Crippen molar-refractivity contribution in [2.45, 2.75) is 4.90 Å². The molecule has 1 radical (unpaired) electrons. The number of sulfone groups is 1. The van der Waals surface area contributed by atoms with Gasteiger partial charge in [-0.15, -0.1) is 0 Å². The van der Waals surface area contributed by atoms with E-state index in [1.165, 1.54) is 6.26 Å². The molecular weight excluding hydrogens is 232 g/mol. The van der Waals surface area contributed by atoms with Crippen LogP contribution in [0.1, 0.15) is 5.56 Å². The van der Waals surface area contributed by atoms with E-state index < -0.39 is 9.84 Å². The van der Waals surface area contributed by atoms with Gasteiger partial charge in [-0.05, 0) is 35.7 Å². The van der Waals surface area contributed by atoms with E-state index in [0.29, 0.717) is 4.90 Å². The van der Waals surface area contributed by atoms with Gasteiger partial charge in [0.2, 0.25) is 0 Å². The fourth-order valence-electron chi connectivity index (χ4n) is 1.59. The molecule has 0 saturated carbocycles. The second-order valence-electron chi connectivity index (χ2n) is 3.99. The van der Waals surface area contributed by atoms with Crippen molar-refractivity contribution in [3.8, 4) is 11.1 Å². The summed E-state index contributed by atoms with van der Waals surface area (Å²) in [6, 6.07) is 14.7. The molecule has 0 unspecified atom stereocenters. The smallest absolute Gasteiger partial charge is 0.175 e. The van der Waals surface area contributed by atoms with Crippen molar-refractivity contribution in [1.29, 1.82) is 0 Å². The Kier molecular flexibility index (Phi) is 3.03. The molecule has 0 saturated heterocycles. The Bertz CT molecular complexity index is 608. The lowest BCUT2D eigenvalue weighted by Crippen LogP contribution is -1.96. The number of hydrogen-bond acceptors (Lipinski definition) is 2. The van der Waals surface area contributed by atoms with Gasteiger partial charge in [0.15, 0.2) is 9.84 Å². The molecule has 0 atom stereocenters. The van der Waals surface area contributed by atoms with Crippen LogP contribution in [0.5, 0.6) is 0 Å². The summed E-state index contributed by atoms with van der Waals surface area (Å²) in [4.78, 5) is 0.343. The van der Waals surface area contributed by atoms with Gasteiger partial charge in [-0.25, -0.2) is 8.42 Å². The SMILES string of the molecule is [CH2]c1ccc(-c2ccc(S(C)(=O)=O)cc2)cc1. The highest BCUT2D eigenvalue weighted by Crippen LogP contribution is 2.21. The lowest BCUT2D eigenvalue weighted by Gasteiger charge is -2.03. The summed E-state index contributed by atoms with van der Waals surface area (Å²) in [5, 5.41) is 0.